The minimum atomic E-state index is -1.33. The third kappa shape index (κ3) is 6.96. The molecule has 86 valence electrons. The number of rotatable bonds is 4. The van der Waals surface area contributed by atoms with Crippen LogP contribution in [0, 0.1) is 0 Å². The van der Waals surface area contributed by atoms with Crippen LogP contribution in [0.15, 0.2) is 11.4 Å². The summed E-state index contributed by atoms with van der Waals surface area (Å²) < 4.78 is 0. The molecule has 1 heterocycles. The SMILES string of the molecule is CCCc1ccsc1CCC.NC(=O)O. The van der Waals surface area contributed by atoms with Gasteiger partial charge < -0.3 is 10.8 Å². The second-order valence-electron chi connectivity index (χ2n) is 3.21. The van der Waals surface area contributed by atoms with Gasteiger partial charge in [0, 0.05) is 4.88 Å². The van der Waals surface area contributed by atoms with Crippen LogP contribution >= 0.6 is 11.3 Å². The van der Waals surface area contributed by atoms with Gasteiger partial charge in [-0.1, -0.05) is 26.7 Å². The van der Waals surface area contributed by atoms with E-state index in [1.807, 2.05) is 11.3 Å². The second-order valence-corrected chi connectivity index (χ2v) is 4.21. The molecule has 0 unspecified atom stereocenters. The number of amides is 1. The van der Waals surface area contributed by atoms with E-state index in [1.165, 1.54) is 25.7 Å². The smallest absolute Gasteiger partial charge is 0.402 e. The fourth-order valence-corrected chi connectivity index (χ4v) is 2.35. The molecule has 0 aromatic carbocycles. The molecule has 0 spiro atoms. The van der Waals surface area contributed by atoms with E-state index >= 15 is 0 Å². The fraction of sp³-hybridized carbons (Fsp3) is 0.545. The average molecular weight is 229 g/mol. The molecule has 0 atom stereocenters. The fourth-order valence-electron chi connectivity index (χ4n) is 1.31. The van der Waals surface area contributed by atoms with Crippen LogP contribution in [0.4, 0.5) is 4.79 Å². The molecule has 15 heavy (non-hydrogen) atoms. The molecule has 0 aliphatic heterocycles. The molecule has 0 saturated carbocycles. The molecule has 3 nitrogen and oxygen atoms in total. The summed E-state index contributed by atoms with van der Waals surface area (Å²) in [6.07, 6.45) is 3.75. The van der Waals surface area contributed by atoms with Crippen LogP contribution in [0.25, 0.3) is 0 Å². The zero-order chi connectivity index (χ0) is 11.7. The van der Waals surface area contributed by atoms with Gasteiger partial charge in [0.1, 0.15) is 0 Å². The number of primary amides is 1. The molecule has 1 amide bonds. The monoisotopic (exact) mass is 229 g/mol. The van der Waals surface area contributed by atoms with Crippen molar-refractivity contribution in [3.05, 3.63) is 21.9 Å². The zero-order valence-corrected chi connectivity index (χ0v) is 10.1. The molecular weight excluding hydrogens is 210 g/mol. The second kappa shape index (κ2) is 8.29. The molecule has 1 aromatic heterocycles. The van der Waals surface area contributed by atoms with Crippen LogP contribution in [-0.2, 0) is 12.8 Å². The van der Waals surface area contributed by atoms with Gasteiger partial charge >= 0.3 is 6.09 Å². The first-order chi connectivity index (χ1) is 7.11. The van der Waals surface area contributed by atoms with Gasteiger partial charge in [-0.3, -0.25) is 0 Å². The van der Waals surface area contributed by atoms with Crippen molar-refractivity contribution in [3.8, 4) is 0 Å². The van der Waals surface area contributed by atoms with Crippen LogP contribution in [-0.4, -0.2) is 11.2 Å². The number of hydrogen-bond acceptors (Lipinski definition) is 2. The lowest BCUT2D eigenvalue weighted by Gasteiger charge is -1.98. The first-order valence-corrected chi connectivity index (χ1v) is 6.03. The van der Waals surface area contributed by atoms with Crippen molar-refractivity contribution in [2.75, 3.05) is 0 Å². The van der Waals surface area contributed by atoms with Gasteiger partial charge in [0.2, 0.25) is 0 Å². The molecule has 4 heteroatoms. The van der Waals surface area contributed by atoms with Crippen LogP contribution < -0.4 is 5.73 Å². The van der Waals surface area contributed by atoms with Crippen LogP contribution in [0.2, 0.25) is 0 Å². The number of hydrogen-bond donors (Lipinski definition) is 2. The van der Waals surface area contributed by atoms with E-state index in [0.29, 0.717) is 0 Å². The Bertz CT molecular complexity index is 259. The third-order valence-corrected chi connectivity index (χ3v) is 2.86. The predicted octanol–water partition coefficient (Wildman–Crippen LogP) is 3.28. The Labute approximate surface area is 94.9 Å². The Morgan fingerprint density at radius 3 is 2.40 bits per heavy atom. The van der Waals surface area contributed by atoms with E-state index in [2.05, 4.69) is 31.0 Å². The van der Waals surface area contributed by atoms with Gasteiger partial charge in [-0.2, -0.15) is 0 Å². The molecule has 0 aliphatic carbocycles. The van der Waals surface area contributed by atoms with Crippen molar-refractivity contribution in [2.24, 2.45) is 5.73 Å². The highest BCUT2D eigenvalue weighted by atomic mass is 32.1. The summed E-state index contributed by atoms with van der Waals surface area (Å²) in [7, 11) is 0. The van der Waals surface area contributed by atoms with E-state index < -0.39 is 6.09 Å². The average Bonchev–Trinajstić information content (AvgIpc) is 2.53. The number of carbonyl (C=O) groups is 1. The van der Waals surface area contributed by atoms with Crippen molar-refractivity contribution >= 4 is 17.4 Å². The van der Waals surface area contributed by atoms with E-state index in [1.54, 1.807) is 10.4 Å². The molecule has 0 aliphatic rings. The lowest BCUT2D eigenvalue weighted by atomic mass is 10.1. The number of nitrogens with two attached hydrogens (primary N) is 1. The van der Waals surface area contributed by atoms with E-state index in [-0.39, 0.29) is 0 Å². The van der Waals surface area contributed by atoms with Crippen molar-refractivity contribution in [1.29, 1.82) is 0 Å². The number of aryl methyl sites for hydroxylation is 2. The van der Waals surface area contributed by atoms with Gasteiger partial charge in [-0.15, -0.1) is 11.3 Å². The predicted molar refractivity (Wildman–Crippen MR) is 64.5 cm³/mol. The Balaban J connectivity index is 0.000000423. The lowest BCUT2D eigenvalue weighted by Crippen LogP contribution is -2.03. The summed E-state index contributed by atoms with van der Waals surface area (Å²) in [6.45, 7) is 4.49. The zero-order valence-electron chi connectivity index (χ0n) is 9.32. The van der Waals surface area contributed by atoms with Crippen molar-refractivity contribution in [1.82, 2.24) is 0 Å². The van der Waals surface area contributed by atoms with E-state index in [0.717, 1.165) is 0 Å². The summed E-state index contributed by atoms with van der Waals surface area (Å²) in [5.74, 6) is 0. The summed E-state index contributed by atoms with van der Waals surface area (Å²) in [6, 6.07) is 2.28. The normalized spacial score (nSPS) is 9.20. The highest BCUT2D eigenvalue weighted by Crippen LogP contribution is 2.19. The molecule has 1 rings (SSSR count). The van der Waals surface area contributed by atoms with Crippen LogP contribution in [0.1, 0.15) is 37.1 Å². The van der Waals surface area contributed by atoms with Crippen molar-refractivity contribution in [2.45, 2.75) is 39.5 Å². The third-order valence-electron chi connectivity index (χ3n) is 1.83. The highest BCUT2D eigenvalue weighted by molar-refractivity contribution is 7.10. The maximum Gasteiger partial charge on any atom is 0.402 e. The van der Waals surface area contributed by atoms with Gasteiger partial charge in [0.25, 0.3) is 0 Å². The standard InChI is InChI=1S/C10H16S.CH3NO2/c1-3-5-9-7-8-11-10(9)6-4-2;2-1(3)4/h7-8H,3-6H2,1-2H3;2H2,(H,3,4). The summed E-state index contributed by atoms with van der Waals surface area (Å²) in [5, 5.41) is 9.41. The first-order valence-electron chi connectivity index (χ1n) is 5.15. The Kier molecular flexibility index (Phi) is 7.72. The first kappa shape index (κ1) is 14.0. The van der Waals surface area contributed by atoms with E-state index in [9.17, 15) is 0 Å². The molecule has 1 aromatic rings. The highest BCUT2D eigenvalue weighted by Gasteiger charge is 2.00. The maximum absolute atomic E-state index is 8.78. The Morgan fingerprint density at radius 1 is 1.40 bits per heavy atom. The van der Waals surface area contributed by atoms with E-state index in [4.69, 9.17) is 9.90 Å². The quantitative estimate of drug-likeness (QED) is 0.832. The van der Waals surface area contributed by atoms with Crippen LogP contribution in [0.3, 0.4) is 0 Å². The van der Waals surface area contributed by atoms with Gasteiger partial charge in [-0.05, 0) is 29.9 Å². The molecule has 0 bridgehead atoms. The summed E-state index contributed by atoms with van der Waals surface area (Å²) >= 11 is 1.91. The molecule has 3 N–H and O–H groups in total. The van der Waals surface area contributed by atoms with Gasteiger partial charge in [0.05, 0.1) is 0 Å². The largest absolute Gasteiger partial charge is 0.465 e. The van der Waals surface area contributed by atoms with Gasteiger partial charge in [-0.25, -0.2) is 4.79 Å². The topological polar surface area (TPSA) is 63.3 Å². The van der Waals surface area contributed by atoms with Crippen molar-refractivity contribution in [3.63, 3.8) is 0 Å². The van der Waals surface area contributed by atoms with Crippen molar-refractivity contribution < 1.29 is 9.90 Å². The minimum Gasteiger partial charge on any atom is -0.465 e. The number of carboxylic acid groups (broad SMARTS) is 1. The summed E-state index contributed by atoms with van der Waals surface area (Å²) in [5.41, 5.74) is 5.61. The molecular formula is C11H19NO2S. The maximum atomic E-state index is 8.78. The molecule has 0 radical (unpaired) electrons. The summed E-state index contributed by atoms with van der Waals surface area (Å²) in [4.78, 5) is 10.4. The Hall–Kier alpha value is -1.03. The Morgan fingerprint density at radius 2 is 1.93 bits per heavy atom. The minimum absolute atomic E-state index is 1.26. The van der Waals surface area contributed by atoms with Crippen LogP contribution in [0.5, 0.6) is 0 Å². The molecule has 0 fully saturated rings. The lowest BCUT2D eigenvalue weighted by molar-refractivity contribution is 0.205. The molecule has 0 saturated heterocycles. The van der Waals surface area contributed by atoms with Gasteiger partial charge in [0.15, 0.2) is 0 Å². The number of thiophene rings is 1.